The minimum absolute atomic E-state index is 0.122. The molecule has 0 bridgehead atoms. The molecule has 0 aromatic carbocycles. The van der Waals surface area contributed by atoms with Crippen molar-refractivity contribution in [3.63, 3.8) is 0 Å². The summed E-state index contributed by atoms with van der Waals surface area (Å²) in [7, 11) is 0. The highest BCUT2D eigenvalue weighted by Gasteiger charge is 2.19. The normalized spacial score (nSPS) is 13.0. The van der Waals surface area contributed by atoms with Crippen molar-refractivity contribution in [3.8, 4) is 0 Å². The topological polar surface area (TPSA) is 78.9 Å². The van der Waals surface area contributed by atoms with E-state index < -0.39 is 12.1 Å². The van der Waals surface area contributed by atoms with E-state index in [1.807, 2.05) is 30.4 Å². The highest BCUT2D eigenvalue weighted by atomic mass is 16.6. The van der Waals surface area contributed by atoms with E-state index in [2.05, 4.69) is 81.5 Å². The van der Waals surface area contributed by atoms with E-state index in [-0.39, 0.29) is 31.6 Å². The maximum absolute atomic E-state index is 12.6. The Balaban J connectivity index is 4.51. The number of hydrogen-bond donors (Lipinski definition) is 0. The van der Waals surface area contributed by atoms with Gasteiger partial charge in [-0.25, -0.2) is 0 Å². The first-order valence-electron chi connectivity index (χ1n) is 20.8. The summed E-state index contributed by atoms with van der Waals surface area (Å²) in [6.07, 6.45) is 52.8. The summed E-state index contributed by atoms with van der Waals surface area (Å²) in [6, 6.07) is 0. The van der Waals surface area contributed by atoms with Crippen molar-refractivity contribution in [2.75, 3.05) is 13.2 Å². The molecule has 0 radical (unpaired) electrons. The average Bonchev–Trinajstić information content (AvgIpc) is 3.15. The van der Waals surface area contributed by atoms with Crippen LogP contribution < -0.4 is 0 Å². The van der Waals surface area contributed by atoms with Gasteiger partial charge in [0, 0.05) is 12.8 Å². The van der Waals surface area contributed by atoms with Gasteiger partial charge in [-0.3, -0.25) is 14.4 Å². The smallest absolute Gasteiger partial charge is 0.309 e. The van der Waals surface area contributed by atoms with E-state index in [1.165, 1.54) is 25.7 Å². The van der Waals surface area contributed by atoms with Crippen molar-refractivity contribution in [1.29, 1.82) is 0 Å². The summed E-state index contributed by atoms with van der Waals surface area (Å²) in [4.78, 5) is 37.5. The van der Waals surface area contributed by atoms with Crippen LogP contribution in [0.15, 0.2) is 97.2 Å². The maximum atomic E-state index is 12.6. The molecule has 0 aliphatic heterocycles. The van der Waals surface area contributed by atoms with Crippen molar-refractivity contribution >= 4 is 17.9 Å². The summed E-state index contributed by atoms with van der Waals surface area (Å²) in [6.45, 7) is 6.17. The molecule has 298 valence electrons. The van der Waals surface area contributed by atoms with E-state index in [9.17, 15) is 14.4 Å². The summed E-state index contributed by atoms with van der Waals surface area (Å²) in [5, 5.41) is 0. The van der Waals surface area contributed by atoms with Crippen LogP contribution in [0.2, 0.25) is 0 Å². The van der Waals surface area contributed by atoms with Crippen LogP contribution in [0, 0.1) is 0 Å². The summed E-state index contributed by atoms with van der Waals surface area (Å²) < 4.78 is 16.5. The van der Waals surface area contributed by atoms with Crippen molar-refractivity contribution in [2.24, 2.45) is 0 Å². The zero-order chi connectivity index (χ0) is 38.7. The number of hydrogen-bond acceptors (Lipinski definition) is 6. The third-order valence-corrected chi connectivity index (χ3v) is 8.18. The van der Waals surface area contributed by atoms with Crippen molar-refractivity contribution in [1.82, 2.24) is 0 Å². The molecule has 6 heteroatoms. The van der Waals surface area contributed by atoms with Crippen LogP contribution in [0.1, 0.15) is 162 Å². The fourth-order valence-corrected chi connectivity index (χ4v) is 5.08. The summed E-state index contributed by atoms with van der Waals surface area (Å²) in [5.74, 6) is -1.10. The van der Waals surface area contributed by atoms with Gasteiger partial charge in [-0.05, 0) is 70.6 Å². The number of carbonyl (C=O) groups is 3. The molecule has 1 unspecified atom stereocenters. The number of rotatable bonds is 35. The molecule has 0 aliphatic rings. The zero-order valence-corrected chi connectivity index (χ0v) is 33.7. The van der Waals surface area contributed by atoms with E-state index in [0.29, 0.717) is 12.8 Å². The van der Waals surface area contributed by atoms with Crippen molar-refractivity contribution in [2.45, 2.75) is 168 Å². The van der Waals surface area contributed by atoms with Crippen LogP contribution in [0.4, 0.5) is 0 Å². The lowest BCUT2D eigenvalue weighted by Crippen LogP contribution is -2.30. The van der Waals surface area contributed by atoms with Crippen LogP contribution in [0.3, 0.4) is 0 Å². The minimum atomic E-state index is -0.824. The maximum Gasteiger partial charge on any atom is 0.309 e. The quantitative estimate of drug-likeness (QED) is 0.0212. The Hall–Kier alpha value is -3.67. The lowest BCUT2D eigenvalue weighted by molar-refractivity contribution is -0.166. The first-order chi connectivity index (χ1) is 26.0. The van der Waals surface area contributed by atoms with Gasteiger partial charge in [-0.2, -0.15) is 0 Å². The van der Waals surface area contributed by atoms with Gasteiger partial charge in [-0.15, -0.1) is 0 Å². The largest absolute Gasteiger partial charge is 0.462 e. The van der Waals surface area contributed by atoms with E-state index in [1.54, 1.807) is 6.08 Å². The van der Waals surface area contributed by atoms with Gasteiger partial charge in [0.15, 0.2) is 6.10 Å². The number of allylic oxidation sites excluding steroid dienone is 15. The van der Waals surface area contributed by atoms with Gasteiger partial charge in [0.1, 0.15) is 13.2 Å². The van der Waals surface area contributed by atoms with Crippen molar-refractivity contribution < 1.29 is 28.6 Å². The fourth-order valence-electron chi connectivity index (χ4n) is 5.08. The monoisotopic (exact) mass is 735 g/mol. The second-order valence-electron chi connectivity index (χ2n) is 13.2. The Kier molecular flexibility index (Phi) is 38.2. The lowest BCUT2D eigenvalue weighted by atomic mass is 10.1. The van der Waals surface area contributed by atoms with Crippen molar-refractivity contribution in [3.05, 3.63) is 97.2 Å². The molecule has 0 aromatic heterocycles. The summed E-state index contributed by atoms with van der Waals surface area (Å²) in [5.41, 5.74) is 0. The van der Waals surface area contributed by atoms with Gasteiger partial charge in [0.05, 0.1) is 6.42 Å². The van der Waals surface area contributed by atoms with Crippen LogP contribution >= 0.6 is 0 Å². The molecule has 0 N–H and O–H groups in total. The Morgan fingerprint density at radius 1 is 0.434 bits per heavy atom. The Morgan fingerprint density at radius 3 is 1.53 bits per heavy atom. The average molecular weight is 735 g/mol. The molecule has 6 nitrogen and oxygen atoms in total. The third kappa shape index (κ3) is 39.4. The second-order valence-corrected chi connectivity index (χ2v) is 13.2. The Morgan fingerprint density at radius 2 is 0.906 bits per heavy atom. The first kappa shape index (κ1) is 49.3. The number of unbranched alkanes of at least 4 members (excludes halogenated alkanes) is 12. The highest BCUT2D eigenvalue weighted by Crippen LogP contribution is 2.12. The molecule has 0 fully saturated rings. The van der Waals surface area contributed by atoms with E-state index >= 15 is 0 Å². The van der Waals surface area contributed by atoms with Crippen LogP contribution in [-0.4, -0.2) is 37.2 Å². The molecule has 1 atom stereocenters. The summed E-state index contributed by atoms with van der Waals surface area (Å²) >= 11 is 0. The molecule has 0 aromatic rings. The van der Waals surface area contributed by atoms with Crippen LogP contribution in [-0.2, 0) is 28.6 Å². The number of carbonyl (C=O) groups excluding carboxylic acids is 3. The Bertz CT molecular complexity index is 1120. The molecule has 0 amide bonds. The minimum Gasteiger partial charge on any atom is -0.462 e. The first-order valence-corrected chi connectivity index (χ1v) is 20.8. The predicted octanol–water partition coefficient (Wildman–Crippen LogP) is 13.1. The molecular weight excluding hydrogens is 661 g/mol. The Labute approximate surface area is 324 Å². The standard InChI is InChI=1S/C47H74O6/c1-4-7-10-13-16-19-21-22-23-24-26-28-31-34-37-40-46(49)52-43-44(42-51-45(48)39-36-33-30-27-18-15-12-9-6-3)53-47(50)41-38-35-32-29-25-20-17-14-11-8-5-2/h7,9-10,12-14,16-19,21-23,27,33,36,44H,4-6,8,11,15,20,24-26,28-32,34-35,37-43H2,1-3H3/b10-7-,12-9-,16-13-,17-14-,21-19-,23-22-,27-18-,36-33-. The van der Waals surface area contributed by atoms with Gasteiger partial charge in [0.2, 0.25) is 0 Å². The SMILES string of the molecule is CC\C=C/C=C\C=C/C=C\CCCCCCCC(=O)OCC(COC(=O)C/C=C\C/C=C\C/C=C\CC)OC(=O)CCCCCCC/C=C\CCCC. The predicted molar refractivity (Wildman–Crippen MR) is 224 cm³/mol. The molecular formula is C47H74O6. The molecule has 0 heterocycles. The molecule has 0 saturated heterocycles. The van der Waals surface area contributed by atoms with Crippen LogP contribution in [0.5, 0.6) is 0 Å². The fraction of sp³-hybridized carbons (Fsp3) is 0.596. The highest BCUT2D eigenvalue weighted by molar-refractivity contribution is 5.72. The molecule has 0 spiro atoms. The van der Waals surface area contributed by atoms with E-state index in [0.717, 1.165) is 96.3 Å². The van der Waals surface area contributed by atoms with E-state index in [4.69, 9.17) is 14.2 Å². The van der Waals surface area contributed by atoms with Gasteiger partial charge < -0.3 is 14.2 Å². The van der Waals surface area contributed by atoms with Gasteiger partial charge >= 0.3 is 17.9 Å². The van der Waals surface area contributed by atoms with Gasteiger partial charge in [0.25, 0.3) is 0 Å². The lowest BCUT2D eigenvalue weighted by Gasteiger charge is -2.18. The zero-order valence-electron chi connectivity index (χ0n) is 33.7. The molecule has 0 aliphatic carbocycles. The van der Waals surface area contributed by atoms with Crippen LogP contribution in [0.25, 0.3) is 0 Å². The number of esters is 3. The molecule has 53 heavy (non-hydrogen) atoms. The third-order valence-electron chi connectivity index (χ3n) is 8.18. The second kappa shape index (κ2) is 41.1. The molecule has 0 saturated carbocycles. The number of ether oxygens (including phenoxy) is 3. The van der Waals surface area contributed by atoms with Gasteiger partial charge in [-0.1, -0.05) is 169 Å². The molecule has 0 rings (SSSR count).